The summed E-state index contributed by atoms with van der Waals surface area (Å²) in [6.07, 6.45) is 5.97. The lowest BCUT2D eigenvalue weighted by Crippen LogP contribution is -2.13. The van der Waals surface area contributed by atoms with Crippen molar-refractivity contribution in [1.82, 2.24) is 4.98 Å². The predicted octanol–water partition coefficient (Wildman–Crippen LogP) is 3.39. The molecule has 1 heterocycles. The number of hydrogen-bond acceptors (Lipinski definition) is 2. The molecule has 2 N–H and O–H groups in total. The van der Waals surface area contributed by atoms with E-state index in [0.717, 1.165) is 23.1 Å². The summed E-state index contributed by atoms with van der Waals surface area (Å²) in [5, 5.41) is 0. The first-order valence-corrected chi connectivity index (χ1v) is 6.47. The first-order valence-electron chi connectivity index (χ1n) is 6.47. The summed E-state index contributed by atoms with van der Waals surface area (Å²) < 4.78 is 0. The van der Waals surface area contributed by atoms with Crippen LogP contribution < -0.4 is 5.73 Å². The van der Waals surface area contributed by atoms with Crippen LogP contribution in [0.1, 0.15) is 41.6 Å². The fraction of sp³-hybridized carbons (Fsp3) is 0.312. The van der Waals surface area contributed by atoms with Crippen molar-refractivity contribution in [1.29, 1.82) is 0 Å². The van der Waals surface area contributed by atoms with Crippen LogP contribution in [-0.4, -0.2) is 4.98 Å². The van der Waals surface area contributed by atoms with Crippen molar-refractivity contribution in [3.8, 4) is 0 Å². The van der Waals surface area contributed by atoms with Gasteiger partial charge in [-0.25, -0.2) is 0 Å². The molecule has 0 spiro atoms. The molecule has 0 bridgehead atoms. The molecule has 0 amide bonds. The smallest absolute Gasteiger partial charge is 0.0555 e. The number of rotatable bonds is 4. The average molecular weight is 240 g/mol. The molecule has 0 saturated heterocycles. The highest BCUT2D eigenvalue weighted by molar-refractivity contribution is 5.35. The molecule has 1 unspecified atom stereocenters. The van der Waals surface area contributed by atoms with Crippen LogP contribution >= 0.6 is 0 Å². The van der Waals surface area contributed by atoms with E-state index in [-0.39, 0.29) is 6.04 Å². The first-order chi connectivity index (χ1) is 8.72. The molecule has 0 aliphatic rings. The minimum absolute atomic E-state index is 0.0660. The van der Waals surface area contributed by atoms with Crippen molar-refractivity contribution < 1.29 is 0 Å². The highest BCUT2D eigenvalue weighted by Gasteiger charge is 2.10. The number of pyridine rings is 1. The molecule has 18 heavy (non-hydrogen) atoms. The van der Waals surface area contributed by atoms with Gasteiger partial charge in [-0.3, -0.25) is 4.98 Å². The van der Waals surface area contributed by atoms with Crippen LogP contribution in [-0.2, 0) is 6.42 Å². The van der Waals surface area contributed by atoms with Gasteiger partial charge in [0.1, 0.15) is 0 Å². The SMILES string of the molecule is CCCc1ccc(C(N)c2ccncc2C)cc1. The summed E-state index contributed by atoms with van der Waals surface area (Å²) >= 11 is 0. The van der Waals surface area contributed by atoms with E-state index < -0.39 is 0 Å². The van der Waals surface area contributed by atoms with Crippen LogP contribution in [0.4, 0.5) is 0 Å². The Morgan fingerprint density at radius 3 is 2.50 bits per heavy atom. The largest absolute Gasteiger partial charge is 0.320 e. The summed E-state index contributed by atoms with van der Waals surface area (Å²) in [6.45, 7) is 4.24. The molecular formula is C16H20N2. The number of nitrogens with two attached hydrogens (primary N) is 1. The Labute approximate surface area is 109 Å². The van der Waals surface area contributed by atoms with E-state index in [9.17, 15) is 0 Å². The van der Waals surface area contributed by atoms with Crippen molar-refractivity contribution in [2.45, 2.75) is 32.7 Å². The second-order valence-corrected chi connectivity index (χ2v) is 4.70. The molecule has 2 aromatic rings. The number of benzene rings is 1. The van der Waals surface area contributed by atoms with E-state index in [0.29, 0.717) is 0 Å². The zero-order chi connectivity index (χ0) is 13.0. The second kappa shape index (κ2) is 5.78. The average Bonchev–Trinajstić information content (AvgIpc) is 2.40. The highest BCUT2D eigenvalue weighted by Crippen LogP contribution is 2.22. The summed E-state index contributed by atoms with van der Waals surface area (Å²) in [6, 6.07) is 10.6. The fourth-order valence-electron chi connectivity index (χ4n) is 2.19. The number of nitrogens with zero attached hydrogens (tertiary/aromatic N) is 1. The molecule has 0 aliphatic heterocycles. The van der Waals surface area contributed by atoms with Gasteiger partial charge in [0.15, 0.2) is 0 Å². The number of aryl methyl sites for hydroxylation is 2. The Morgan fingerprint density at radius 2 is 1.89 bits per heavy atom. The van der Waals surface area contributed by atoms with Gasteiger partial charge in [0.2, 0.25) is 0 Å². The highest BCUT2D eigenvalue weighted by atomic mass is 14.7. The lowest BCUT2D eigenvalue weighted by molar-refractivity contribution is 0.852. The molecule has 0 aliphatic carbocycles. The maximum absolute atomic E-state index is 6.31. The first kappa shape index (κ1) is 12.8. The van der Waals surface area contributed by atoms with Gasteiger partial charge < -0.3 is 5.73 Å². The van der Waals surface area contributed by atoms with Crippen LogP contribution in [0.5, 0.6) is 0 Å². The third-order valence-corrected chi connectivity index (χ3v) is 3.28. The molecular weight excluding hydrogens is 220 g/mol. The van der Waals surface area contributed by atoms with Gasteiger partial charge >= 0.3 is 0 Å². The van der Waals surface area contributed by atoms with Crippen LogP contribution in [0.15, 0.2) is 42.7 Å². The Bertz CT molecular complexity index is 503. The van der Waals surface area contributed by atoms with Gasteiger partial charge in [-0.1, -0.05) is 37.6 Å². The van der Waals surface area contributed by atoms with Crippen molar-refractivity contribution >= 4 is 0 Å². The molecule has 2 heteroatoms. The van der Waals surface area contributed by atoms with Crippen LogP contribution in [0, 0.1) is 6.92 Å². The molecule has 1 aromatic carbocycles. The molecule has 0 radical (unpaired) electrons. The monoisotopic (exact) mass is 240 g/mol. The Hall–Kier alpha value is -1.67. The van der Waals surface area contributed by atoms with Gasteiger partial charge in [-0.15, -0.1) is 0 Å². The standard InChI is InChI=1S/C16H20N2/c1-3-4-13-5-7-14(8-6-13)16(17)15-9-10-18-11-12(15)2/h5-11,16H,3-4,17H2,1-2H3. The topological polar surface area (TPSA) is 38.9 Å². The number of hydrogen-bond donors (Lipinski definition) is 1. The van der Waals surface area contributed by atoms with E-state index in [2.05, 4.69) is 36.2 Å². The van der Waals surface area contributed by atoms with E-state index >= 15 is 0 Å². The molecule has 2 nitrogen and oxygen atoms in total. The third kappa shape index (κ3) is 2.77. The number of aromatic nitrogens is 1. The minimum Gasteiger partial charge on any atom is -0.320 e. The van der Waals surface area contributed by atoms with Gasteiger partial charge in [0, 0.05) is 12.4 Å². The Kier molecular flexibility index (Phi) is 4.11. The van der Waals surface area contributed by atoms with Gasteiger partial charge in [-0.05, 0) is 41.7 Å². The molecule has 0 saturated carbocycles. The van der Waals surface area contributed by atoms with Crippen LogP contribution in [0.2, 0.25) is 0 Å². The molecule has 94 valence electrons. The predicted molar refractivity (Wildman–Crippen MR) is 75.4 cm³/mol. The van der Waals surface area contributed by atoms with Crippen molar-refractivity contribution in [2.24, 2.45) is 5.73 Å². The zero-order valence-electron chi connectivity index (χ0n) is 11.1. The second-order valence-electron chi connectivity index (χ2n) is 4.70. The molecule has 1 aromatic heterocycles. The van der Waals surface area contributed by atoms with E-state index in [1.807, 2.05) is 19.2 Å². The lowest BCUT2D eigenvalue weighted by atomic mass is 9.96. The molecule has 0 fully saturated rings. The van der Waals surface area contributed by atoms with Gasteiger partial charge in [-0.2, -0.15) is 0 Å². The van der Waals surface area contributed by atoms with Gasteiger partial charge in [0.25, 0.3) is 0 Å². The van der Waals surface area contributed by atoms with Crippen molar-refractivity contribution in [3.05, 3.63) is 65.0 Å². The van der Waals surface area contributed by atoms with Crippen molar-refractivity contribution in [2.75, 3.05) is 0 Å². The third-order valence-electron chi connectivity index (χ3n) is 3.28. The van der Waals surface area contributed by atoms with Crippen molar-refractivity contribution in [3.63, 3.8) is 0 Å². The fourth-order valence-corrected chi connectivity index (χ4v) is 2.19. The Balaban J connectivity index is 2.23. The van der Waals surface area contributed by atoms with Gasteiger partial charge in [0.05, 0.1) is 6.04 Å². The summed E-state index contributed by atoms with van der Waals surface area (Å²) in [7, 11) is 0. The Morgan fingerprint density at radius 1 is 1.17 bits per heavy atom. The van der Waals surface area contributed by atoms with Crippen LogP contribution in [0.3, 0.4) is 0 Å². The maximum Gasteiger partial charge on any atom is 0.0555 e. The molecule has 2 rings (SSSR count). The van der Waals surface area contributed by atoms with E-state index in [1.165, 1.54) is 12.0 Å². The zero-order valence-corrected chi connectivity index (χ0v) is 11.1. The summed E-state index contributed by atoms with van der Waals surface area (Å²) in [5.41, 5.74) is 11.1. The summed E-state index contributed by atoms with van der Waals surface area (Å²) in [5.74, 6) is 0. The van der Waals surface area contributed by atoms with E-state index in [1.54, 1.807) is 6.20 Å². The quantitative estimate of drug-likeness (QED) is 0.889. The normalized spacial score (nSPS) is 12.4. The molecule has 1 atom stereocenters. The lowest BCUT2D eigenvalue weighted by Gasteiger charge is -2.15. The summed E-state index contributed by atoms with van der Waals surface area (Å²) in [4.78, 5) is 4.10. The minimum atomic E-state index is -0.0660. The van der Waals surface area contributed by atoms with E-state index in [4.69, 9.17) is 5.73 Å². The maximum atomic E-state index is 6.31. The van der Waals surface area contributed by atoms with Crippen LogP contribution in [0.25, 0.3) is 0 Å².